The maximum Gasteiger partial charge on any atom is 0.226 e. The molecule has 100 valence electrons. The smallest absolute Gasteiger partial charge is 0.226 e. The number of nitrogens with zero attached hydrogens (tertiary/aromatic N) is 1. The number of likely N-dealkylation sites (tertiary alicyclic amines) is 1. The standard InChI is InChI=1S/C15H29NO/c1-11(2)13(15(4,5)6)14(17)16-9-7-12(3)8-10-16/h11-13H,7-10H2,1-6H3. The van der Waals surface area contributed by atoms with Crippen LogP contribution in [0.3, 0.4) is 0 Å². The normalized spacial score (nSPS) is 20.8. The molecule has 1 unspecified atom stereocenters. The molecule has 2 nitrogen and oxygen atoms in total. The summed E-state index contributed by atoms with van der Waals surface area (Å²) in [6, 6.07) is 0. The predicted molar refractivity (Wildman–Crippen MR) is 72.8 cm³/mol. The zero-order valence-corrected chi connectivity index (χ0v) is 12.4. The molecule has 1 atom stereocenters. The molecule has 0 spiro atoms. The highest BCUT2D eigenvalue weighted by Gasteiger charge is 2.37. The lowest BCUT2D eigenvalue weighted by molar-refractivity contribution is -0.142. The van der Waals surface area contributed by atoms with Crippen molar-refractivity contribution in [3.8, 4) is 0 Å². The molecular formula is C15H29NO. The largest absolute Gasteiger partial charge is 0.342 e. The zero-order chi connectivity index (χ0) is 13.2. The van der Waals surface area contributed by atoms with Gasteiger partial charge in [-0.15, -0.1) is 0 Å². The molecule has 0 N–H and O–H groups in total. The highest BCUT2D eigenvalue weighted by Crippen LogP contribution is 2.34. The van der Waals surface area contributed by atoms with E-state index in [1.807, 2.05) is 0 Å². The number of carbonyl (C=O) groups excluding carboxylic acids is 1. The monoisotopic (exact) mass is 239 g/mol. The fourth-order valence-corrected chi connectivity index (χ4v) is 3.08. The molecule has 0 aliphatic carbocycles. The molecule has 1 aliphatic rings. The summed E-state index contributed by atoms with van der Waals surface area (Å²) in [5.41, 5.74) is 0.0638. The van der Waals surface area contributed by atoms with Gasteiger partial charge in [-0.1, -0.05) is 41.5 Å². The van der Waals surface area contributed by atoms with E-state index >= 15 is 0 Å². The fraction of sp³-hybridized carbons (Fsp3) is 0.933. The van der Waals surface area contributed by atoms with Gasteiger partial charge in [-0.25, -0.2) is 0 Å². The molecule has 1 heterocycles. The number of hydrogen-bond donors (Lipinski definition) is 0. The van der Waals surface area contributed by atoms with Crippen LogP contribution in [0, 0.1) is 23.2 Å². The van der Waals surface area contributed by atoms with E-state index < -0.39 is 0 Å². The first-order valence-corrected chi connectivity index (χ1v) is 7.02. The van der Waals surface area contributed by atoms with Crippen molar-refractivity contribution in [3.05, 3.63) is 0 Å². The van der Waals surface area contributed by atoms with Crippen molar-refractivity contribution in [3.63, 3.8) is 0 Å². The zero-order valence-electron chi connectivity index (χ0n) is 12.4. The molecule has 0 saturated carbocycles. The Morgan fingerprint density at radius 2 is 1.65 bits per heavy atom. The van der Waals surface area contributed by atoms with Crippen LogP contribution in [0.2, 0.25) is 0 Å². The number of hydrogen-bond acceptors (Lipinski definition) is 1. The molecular weight excluding hydrogens is 210 g/mol. The van der Waals surface area contributed by atoms with Crippen LogP contribution in [0.4, 0.5) is 0 Å². The van der Waals surface area contributed by atoms with Crippen molar-refractivity contribution in [2.24, 2.45) is 23.2 Å². The number of rotatable bonds is 2. The number of carbonyl (C=O) groups is 1. The van der Waals surface area contributed by atoms with Crippen molar-refractivity contribution >= 4 is 5.91 Å². The van der Waals surface area contributed by atoms with E-state index in [0.717, 1.165) is 19.0 Å². The van der Waals surface area contributed by atoms with Crippen molar-refractivity contribution in [2.45, 2.75) is 54.4 Å². The van der Waals surface area contributed by atoms with E-state index in [-0.39, 0.29) is 11.3 Å². The molecule has 1 amide bonds. The first kappa shape index (κ1) is 14.5. The third-order valence-corrected chi connectivity index (χ3v) is 3.96. The third kappa shape index (κ3) is 3.72. The van der Waals surface area contributed by atoms with Crippen LogP contribution >= 0.6 is 0 Å². The van der Waals surface area contributed by atoms with Crippen molar-refractivity contribution in [2.75, 3.05) is 13.1 Å². The summed E-state index contributed by atoms with van der Waals surface area (Å²) < 4.78 is 0. The summed E-state index contributed by atoms with van der Waals surface area (Å²) in [5.74, 6) is 1.73. The summed E-state index contributed by atoms with van der Waals surface area (Å²) in [6.45, 7) is 15.1. The van der Waals surface area contributed by atoms with Crippen LogP contribution in [-0.4, -0.2) is 23.9 Å². The molecule has 0 aromatic carbocycles. The van der Waals surface area contributed by atoms with Crippen molar-refractivity contribution < 1.29 is 4.79 Å². The average Bonchev–Trinajstić information content (AvgIpc) is 2.15. The van der Waals surface area contributed by atoms with E-state index in [9.17, 15) is 4.79 Å². The SMILES string of the molecule is CC1CCN(C(=O)C(C(C)C)C(C)(C)C)CC1. The van der Waals surface area contributed by atoms with Crippen LogP contribution < -0.4 is 0 Å². The van der Waals surface area contributed by atoms with E-state index in [1.54, 1.807) is 0 Å². The van der Waals surface area contributed by atoms with Crippen LogP contribution in [0.5, 0.6) is 0 Å². The Kier molecular flexibility index (Phi) is 4.62. The van der Waals surface area contributed by atoms with Crippen LogP contribution in [0.1, 0.15) is 54.4 Å². The van der Waals surface area contributed by atoms with Gasteiger partial charge in [0, 0.05) is 19.0 Å². The van der Waals surface area contributed by atoms with E-state index in [4.69, 9.17) is 0 Å². The lowest BCUT2D eigenvalue weighted by Gasteiger charge is -2.39. The Labute approximate surface area is 107 Å². The Balaban J connectivity index is 2.72. The van der Waals surface area contributed by atoms with Gasteiger partial charge in [0.05, 0.1) is 0 Å². The van der Waals surface area contributed by atoms with Gasteiger partial charge in [-0.05, 0) is 30.1 Å². The van der Waals surface area contributed by atoms with Gasteiger partial charge in [0.2, 0.25) is 5.91 Å². The second kappa shape index (κ2) is 5.41. The number of amides is 1. The molecule has 17 heavy (non-hydrogen) atoms. The van der Waals surface area contributed by atoms with Crippen LogP contribution in [0.15, 0.2) is 0 Å². The molecule has 1 fully saturated rings. The van der Waals surface area contributed by atoms with E-state index in [0.29, 0.717) is 11.8 Å². The minimum Gasteiger partial charge on any atom is -0.342 e. The summed E-state index contributed by atoms with van der Waals surface area (Å²) in [4.78, 5) is 14.7. The highest BCUT2D eigenvalue weighted by atomic mass is 16.2. The van der Waals surface area contributed by atoms with E-state index in [1.165, 1.54) is 12.8 Å². The molecule has 0 aromatic heterocycles. The van der Waals surface area contributed by atoms with Gasteiger partial charge in [0.1, 0.15) is 0 Å². The van der Waals surface area contributed by atoms with Gasteiger partial charge in [-0.3, -0.25) is 4.79 Å². The molecule has 0 bridgehead atoms. The minimum atomic E-state index is 0.0638. The van der Waals surface area contributed by atoms with Crippen LogP contribution in [0.25, 0.3) is 0 Å². The second-order valence-corrected chi connectivity index (χ2v) is 7.10. The summed E-state index contributed by atoms with van der Waals surface area (Å²) >= 11 is 0. The summed E-state index contributed by atoms with van der Waals surface area (Å²) in [6.07, 6.45) is 2.33. The molecule has 0 radical (unpaired) electrons. The van der Waals surface area contributed by atoms with Crippen molar-refractivity contribution in [1.29, 1.82) is 0 Å². The maximum absolute atomic E-state index is 12.6. The third-order valence-electron chi connectivity index (χ3n) is 3.96. The number of piperidine rings is 1. The van der Waals surface area contributed by atoms with Gasteiger partial charge in [0.15, 0.2) is 0 Å². The second-order valence-electron chi connectivity index (χ2n) is 7.10. The predicted octanol–water partition coefficient (Wildman–Crippen LogP) is 3.56. The minimum absolute atomic E-state index is 0.0638. The first-order valence-electron chi connectivity index (χ1n) is 7.02. The first-order chi connectivity index (χ1) is 7.73. The van der Waals surface area contributed by atoms with Gasteiger partial charge >= 0.3 is 0 Å². The highest BCUT2D eigenvalue weighted by molar-refractivity contribution is 5.80. The van der Waals surface area contributed by atoms with Crippen LogP contribution in [-0.2, 0) is 4.79 Å². The topological polar surface area (TPSA) is 20.3 Å². The summed E-state index contributed by atoms with van der Waals surface area (Å²) in [7, 11) is 0. The Morgan fingerprint density at radius 1 is 1.18 bits per heavy atom. The molecule has 2 heteroatoms. The molecule has 0 aromatic rings. The quantitative estimate of drug-likeness (QED) is 0.721. The maximum atomic E-state index is 12.6. The average molecular weight is 239 g/mol. The Bertz CT molecular complexity index is 257. The lowest BCUT2D eigenvalue weighted by atomic mass is 9.73. The van der Waals surface area contributed by atoms with E-state index in [2.05, 4.69) is 46.4 Å². The van der Waals surface area contributed by atoms with Gasteiger partial charge < -0.3 is 4.90 Å². The van der Waals surface area contributed by atoms with Crippen molar-refractivity contribution in [1.82, 2.24) is 4.90 Å². The Morgan fingerprint density at radius 3 is 2.00 bits per heavy atom. The Hall–Kier alpha value is -0.530. The molecule has 1 aliphatic heterocycles. The molecule has 1 saturated heterocycles. The molecule has 1 rings (SSSR count). The lowest BCUT2D eigenvalue weighted by Crippen LogP contribution is -2.46. The van der Waals surface area contributed by atoms with Gasteiger partial charge in [-0.2, -0.15) is 0 Å². The fourth-order valence-electron chi connectivity index (χ4n) is 3.08. The van der Waals surface area contributed by atoms with Gasteiger partial charge in [0.25, 0.3) is 0 Å². The summed E-state index contributed by atoms with van der Waals surface area (Å²) in [5, 5.41) is 0.